The molecule has 3 aromatic rings. The molecule has 4 heteroatoms. The number of allylic oxidation sites excluding steroid dienone is 2. The zero-order valence-corrected chi connectivity index (χ0v) is 17.0. The van der Waals surface area contributed by atoms with Gasteiger partial charge in [0.15, 0.2) is 5.78 Å². The quantitative estimate of drug-likeness (QED) is 0.661. The normalized spacial score (nSPS) is 25.1. The number of aromatic nitrogens is 2. The third-order valence-corrected chi connectivity index (χ3v) is 6.82. The van der Waals surface area contributed by atoms with E-state index >= 15 is 0 Å². The second-order valence-corrected chi connectivity index (χ2v) is 8.36. The molecule has 0 N–H and O–H groups in total. The minimum atomic E-state index is -0.529. The molecule has 148 valence electrons. The monoisotopic (exact) mass is 393 g/mol. The van der Waals surface area contributed by atoms with Crippen LogP contribution in [0.3, 0.4) is 0 Å². The van der Waals surface area contributed by atoms with Gasteiger partial charge in [0.2, 0.25) is 0 Å². The molecule has 0 radical (unpaired) electrons. The standard InChI is InChI=1S/C26H23N3O/c1-18-23-13-12-20-16-28-29(17-19-8-4-2-5-9-19)25(20)26(23,14-21(15-27)24(18)30)22-10-6-3-7-11-22/h2-11,14,16,18,23H,12-13,17H2,1H3/t18?,23?,26-/m1/s1. The number of ketones is 1. The number of hydrogen-bond donors (Lipinski definition) is 0. The number of hydrogen-bond acceptors (Lipinski definition) is 3. The van der Waals surface area contributed by atoms with Crippen LogP contribution in [-0.4, -0.2) is 15.6 Å². The Kier molecular flexibility index (Phi) is 4.40. The Morgan fingerprint density at radius 2 is 1.83 bits per heavy atom. The Morgan fingerprint density at radius 1 is 1.13 bits per heavy atom. The summed E-state index contributed by atoms with van der Waals surface area (Å²) in [5.41, 5.74) is 4.37. The van der Waals surface area contributed by atoms with E-state index < -0.39 is 5.41 Å². The fraction of sp³-hybridized carbons (Fsp3) is 0.269. The van der Waals surface area contributed by atoms with Crippen molar-refractivity contribution in [1.29, 1.82) is 5.26 Å². The summed E-state index contributed by atoms with van der Waals surface area (Å²) in [6, 6.07) is 22.8. The molecule has 0 spiro atoms. The molecule has 2 aliphatic carbocycles. The fourth-order valence-electron chi connectivity index (χ4n) is 5.46. The predicted molar refractivity (Wildman–Crippen MR) is 115 cm³/mol. The Hall–Kier alpha value is -3.45. The van der Waals surface area contributed by atoms with Crippen molar-refractivity contribution in [3.63, 3.8) is 0 Å². The molecule has 0 fully saturated rings. The molecule has 30 heavy (non-hydrogen) atoms. The lowest BCUT2D eigenvalue weighted by molar-refractivity contribution is -0.121. The number of rotatable bonds is 3. The molecule has 2 aromatic carbocycles. The summed E-state index contributed by atoms with van der Waals surface area (Å²) in [6.45, 7) is 2.65. The van der Waals surface area contributed by atoms with Gasteiger partial charge in [0.05, 0.1) is 29.4 Å². The van der Waals surface area contributed by atoms with Gasteiger partial charge in [0, 0.05) is 5.92 Å². The molecule has 1 aromatic heterocycles. The first-order valence-electron chi connectivity index (χ1n) is 10.5. The number of Topliss-reactive ketones (excluding diaryl/α,β-unsaturated/α-hetero) is 1. The minimum absolute atomic E-state index is 0.0355. The second kappa shape index (κ2) is 7.11. The van der Waals surface area contributed by atoms with Gasteiger partial charge in [-0.05, 0) is 41.5 Å². The van der Waals surface area contributed by atoms with Gasteiger partial charge in [-0.1, -0.05) is 67.6 Å². The first-order valence-corrected chi connectivity index (χ1v) is 10.5. The molecule has 2 aliphatic rings. The highest BCUT2D eigenvalue weighted by atomic mass is 16.1. The van der Waals surface area contributed by atoms with Crippen LogP contribution < -0.4 is 0 Å². The first kappa shape index (κ1) is 18.6. The highest BCUT2D eigenvalue weighted by molar-refractivity contribution is 6.02. The average Bonchev–Trinajstić information content (AvgIpc) is 3.21. The van der Waals surface area contributed by atoms with Crippen LogP contribution in [0.15, 0.2) is 78.5 Å². The van der Waals surface area contributed by atoms with Crippen molar-refractivity contribution >= 4 is 5.78 Å². The van der Waals surface area contributed by atoms with E-state index in [1.807, 2.05) is 55.6 Å². The van der Waals surface area contributed by atoms with E-state index in [2.05, 4.69) is 35.0 Å². The molecule has 0 saturated carbocycles. The highest BCUT2D eigenvalue weighted by Gasteiger charge is 2.53. The highest BCUT2D eigenvalue weighted by Crippen LogP contribution is 2.53. The molecule has 2 unspecified atom stereocenters. The molecule has 0 saturated heterocycles. The van der Waals surface area contributed by atoms with Crippen LogP contribution in [0.4, 0.5) is 0 Å². The summed E-state index contributed by atoms with van der Waals surface area (Å²) in [4.78, 5) is 12.9. The second-order valence-electron chi connectivity index (χ2n) is 8.36. The largest absolute Gasteiger partial charge is 0.293 e. The van der Waals surface area contributed by atoms with Gasteiger partial charge in [-0.3, -0.25) is 9.48 Å². The first-order chi connectivity index (χ1) is 14.6. The lowest BCUT2D eigenvalue weighted by atomic mass is 9.54. The van der Waals surface area contributed by atoms with E-state index in [9.17, 15) is 10.1 Å². The van der Waals surface area contributed by atoms with Crippen molar-refractivity contribution in [2.24, 2.45) is 11.8 Å². The number of nitriles is 1. The van der Waals surface area contributed by atoms with Gasteiger partial charge in [0.1, 0.15) is 6.07 Å². The Labute approximate surface area is 176 Å². The number of fused-ring (bicyclic) bond motifs is 3. The van der Waals surface area contributed by atoms with Gasteiger partial charge >= 0.3 is 0 Å². The SMILES string of the molecule is CC1C(=O)C(C#N)=C[C@]2(c3ccccc3)c3c(cnn3Cc3ccccc3)CCC12. The van der Waals surface area contributed by atoms with E-state index in [1.165, 1.54) is 11.1 Å². The lowest BCUT2D eigenvalue weighted by Crippen LogP contribution is -2.49. The topological polar surface area (TPSA) is 58.7 Å². The van der Waals surface area contributed by atoms with Crippen LogP contribution in [0.2, 0.25) is 0 Å². The lowest BCUT2D eigenvalue weighted by Gasteiger charge is -2.48. The summed E-state index contributed by atoms with van der Waals surface area (Å²) in [5, 5.41) is 14.5. The molecule has 4 nitrogen and oxygen atoms in total. The van der Waals surface area contributed by atoms with Crippen LogP contribution >= 0.6 is 0 Å². The van der Waals surface area contributed by atoms with E-state index in [0.717, 1.165) is 24.1 Å². The third-order valence-electron chi connectivity index (χ3n) is 6.82. The maximum Gasteiger partial charge on any atom is 0.176 e. The molecular weight excluding hydrogens is 370 g/mol. The van der Waals surface area contributed by atoms with E-state index in [1.54, 1.807) is 0 Å². The fourth-order valence-corrected chi connectivity index (χ4v) is 5.46. The summed E-state index contributed by atoms with van der Waals surface area (Å²) < 4.78 is 2.08. The molecule has 0 aliphatic heterocycles. The number of nitrogens with zero attached hydrogens (tertiary/aromatic N) is 3. The number of carbonyl (C=O) groups is 1. The summed E-state index contributed by atoms with van der Waals surface area (Å²) >= 11 is 0. The van der Waals surface area contributed by atoms with Crippen molar-refractivity contribution in [2.45, 2.75) is 31.7 Å². The van der Waals surface area contributed by atoms with Crippen molar-refractivity contribution in [2.75, 3.05) is 0 Å². The van der Waals surface area contributed by atoms with Crippen LogP contribution in [0, 0.1) is 23.2 Å². The van der Waals surface area contributed by atoms with Gasteiger partial charge < -0.3 is 0 Å². The molecule has 1 heterocycles. The van der Waals surface area contributed by atoms with Crippen molar-refractivity contribution in [3.8, 4) is 6.07 Å². The van der Waals surface area contributed by atoms with Crippen molar-refractivity contribution in [1.82, 2.24) is 9.78 Å². The Morgan fingerprint density at radius 3 is 2.53 bits per heavy atom. The van der Waals surface area contributed by atoms with E-state index in [4.69, 9.17) is 5.10 Å². The van der Waals surface area contributed by atoms with E-state index in [0.29, 0.717) is 6.54 Å². The Bertz CT molecular complexity index is 1170. The smallest absolute Gasteiger partial charge is 0.176 e. The van der Waals surface area contributed by atoms with Gasteiger partial charge in [0.25, 0.3) is 0 Å². The van der Waals surface area contributed by atoms with E-state index in [-0.39, 0.29) is 23.2 Å². The predicted octanol–water partition coefficient (Wildman–Crippen LogP) is 4.45. The zero-order valence-electron chi connectivity index (χ0n) is 17.0. The molecule has 0 amide bonds. The number of benzene rings is 2. The molecule has 0 bridgehead atoms. The van der Waals surface area contributed by atoms with Crippen LogP contribution in [0.1, 0.15) is 35.7 Å². The number of carbonyl (C=O) groups excluding carboxylic acids is 1. The van der Waals surface area contributed by atoms with Crippen molar-refractivity contribution < 1.29 is 4.79 Å². The summed E-state index contributed by atoms with van der Waals surface area (Å²) in [7, 11) is 0. The van der Waals surface area contributed by atoms with Crippen LogP contribution in [0.25, 0.3) is 0 Å². The maximum atomic E-state index is 12.9. The Balaban J connectivity index is 1.79. The van der Waals surface area contributed by atoms with Crippen LogP contribution in [0.5, 0.6) is 0 Å². The summed E-state index contributed by atoms with van der Waals surface area (Å²) in [6.07, 6.45) is 5.72. The third kappa shape index (κ3) is 2.66. The van der Waals surface area contributed by atoms with Gasteiger partial charge in [-0.2, -0.15) is 10.4 Å². The molecule has 3 atom stereocenters. The molecule has 5 rings (SSSR count). The number of aryl methyl sites for hydroxylation is 1. The zero-order chi connectivity index (χ0) is 20.7. The van der Waals surface area contributed by atoms with Gasteiger partial charge in [-0.25, -0.2) is 0 Å². The van der Waals surface area contributed by atoms with Gasteiger partial charge in [-0.15, -0.1) is 0 Å². The minimum Gasteiger partial charge on any atom is -0.293 e. The van der Waals surface area contributed by atoms with Crippen LogP contribution in [-0.2, 0) is 23.2 Å². The molecular formula is C26H23N3O. The average molecular weight is 393 g/mol. The maximum absolute atomic E-state index is 12.9. The van der Waals surface area contributed by atoms with Crippen molar-refractivity contribution in [3.05, 3.63) is 101 Å². The summed E-state index contributed by atoms with van der Waals surface area (Å²) in [5.74, 6) is -0.145.